The molecule has 0 N–H and O–H groups in total. The molecule has 94 valence electrons. The van der Waals surface area contributed by atoms with E-state index in [1.807, 2.05) is 13.8 Å². The summed E-state index contributed by atoms with van der Waals surface area (Å²) in [7, 11) is 0. The van der Waals surface area contributed by atoms with E-state index in [1.165, 1.54) is 18.2 Å². The molecule has 2 nitrogen and oxygen atoms in total. The van der Waals surface area contributed by atoms with E-state index in [2.05, 4.69) is 9.97 Å². The predicted molar refractivity (Wildman–Crippen MR) is 71.5 cm³/mol. The molecule has 0 radical (unpaired) electrons. The Morgan fingerprint density at radius 2 is 1.83 bits per heavy atom. The Bertz CT molecular complexity index is 585. The first kappa shape index (κ1) is 13.2. The Hall–Kier alpha value is -1.19. The quantitative estimate of drug-likeness (QED) is 0.746. The maximum absolute atomic E-state index is 13.3. The monoisotopic (exact) mass is 284 g/mol. The average Bonchev–Trinajstić information content (AvgIpc) is 2.31. The number of hydrogen-bond donors (Lipinski definition) is 0. The van der Waals surface area contributed by atoms with Gasteiger partial charge in [-0.2, -0.15) is 0 Å². The van der Waals surface area contributed by atoms with E-state index >= 15 is 0 Å². The largest absolute Gasteiger partial charge is 0.232 e. The summed E-state index contributed by atoms with van der Waals surface area (Å²) in [5, 5.41) is 0.755. The Balaban J connectivity index is 2.60. The molecule has 2 aromatic rings. The molecule has 0 unspecified atom stereocenters. The summed E-state index contributed by atoms with van der Waals surface area (Å²) in [6, 6.07) is 5.72. The molecule has 0 aliphatic rings. The molecular formula is C13H11Cl2FN2. The van der Waals surface area contributed by atoms with E-state index in [9.17, 15) is 4.39 Å². The lowest BCUT2D eigenvalue weighted by Gasteiger charge is -2.09. The number of halogens is 3. The van der Waals surface area contributed by atoms with E-state index in [1.54, 1.807) is 6.07 Å². The van der Waals surface area contributed by atoms with E-state index < -0.39 is 0 Å². The fourth-order valence-corrected chi connectivity index (χ4v) is 1.93. The van der Waals surface area contributed by atoms with Crippen LogP contribution in [0.3, 0.4) is 0 Å². The number of rotatable bonds is 2. The van der Waals surface area contributed by atoms with Gasteiger partial charge in [-0.05, 0) is 18.2 Å². The summed E-state index contributed by atoms with van der Waals surface area (Å²) >= 11 is 12.0. The normalized spacial score (nSPS) is 11.0. The summed E-state index contributed by atoms with van der Waals surface area (Å²) in [4.78, 5) is 8.49. The van der Waals surface area contributed by atoms with Gasteiger partial charge in [-0.3, -0.25) is 0 Å². The highest BCUT2D eigenvalue weighted by Crippen LogP contribution is 2.29. The lowest BCUT2D eigenvalue weighted by molar-refractivity contribution is 0.628. The molecule has 0 saturated heterocycles. The van der Waals surface area contributed by atoms with E-state index in [4.69, 9.17) is 23.2 Å². The van der Waals surface area contributed by atoms with Crippen LogP contribution in [0, 0.1) is 5.82 Å². The molecule has 0 aliphatic heterocycles. The van der Waals surface area contributed by atoms with Crippen molar-refractivity contribution in [2.75, 3.05) is 0 Å². The average molecular weight is 285 g/mol. The van der Waals surface area contributed by atoms with Crippen LogP contribution < -0.4 is 0 Å². The highest BCUT2D eigenvalue weighted by Gasteiger charge is 2.11. The van der Waals surface area contributed by atoms with Crippen molar-refractivity contribution in [2.24, 2.45) is 0 Å². The zero-order chi connectivity index (χ0) is 13.3. The Morgan fingerprint density at radius 3 is 2.50 bits per heavy atom. The maximum atomic E-state index is 13.3. The fraction of sp³-hybridized carbons (Fsp3) is 0.231. The van der Waals surface area contributed by atoms with Gasteiger partial charge in [0.25, 0.3) is 0 Å². The Morgan fingerprint density at radius 1 is 1.11 bits per heavy atom. The van der Waals surface area contributed by atoms with Crippen molar-refractivity contribution < 1.29 is 4.39 Å². The molecular weight excluding hydrogens is 274 g/mol. The molecule has 2 rings (SSSR count). The van der Waals surface area contributed by atoms with Crippen molar-refractivity contribution in [2.45, 2.75) is 19.8 Å². The Labute approximate surface area is 115 Å². The smallest absolute Gasteiger partial charge is 0.133 e. The minimum Gasteiger partial charge on any atom is -0.232 e. The third kappa shape index (κ3) is 2.79. The lowest BCUT2D eigenvalue weighted by atomic mass is 10.1. The van der Waals surface area contributed by atoms with Crippen molar-refractivity contribution >= 4 is 23.2 Å². The van der Waals surface area contributed by atoms with Gasteiger partial charge in [0, 0.05) is 17.5 Å². The second kappa shape index (κ2) is 5.21. The van der Waals surface area contributed by atoms with Gasteiger partial charge in [-0.25, -0.2) is 14.4 Å². The van der Waals surface area contributed by atoms with Crippen LogP contribution in [-0.4, -0.2) is 9.97 Å². The van der Waals surface area contributed by atoms with Crippen LogP contribution in [0.15, 0.2) is 24.3 Å². The summed E-state index contributed by atoms with van der Waals surface area (Å²) in [6.45, 7) is 3.92. The van der Waals surface area contributed by atoms with Gasteiger partial charge < -0.3 is 0 Å². The molecule has 0 bridgehead atoms. The second-order valence-electron chi connectivity index (χ2n) is 4.21. The zero-order valence-corrected chi connectivity index (χ0v) is 11.4. The molecule has 18 heavy (non-hydrogen) atoms. The third-order valence-electron chi connectivity index (χ3n) is 2.43. The van der Waals surface area contributed by atoms with Crippen LogP contribution in [0.5, 0.6) is 0 Å². The first-order valence-electron chi connectivity index (χ1n) is 5.47. The van der Waals surface area contributed by atoms with E-state index in [-0.39, 0.29) is 11.7 Å². The van der Waals surface area contributed by atoms with Crippen molar-refractivity contribution in [1.82, 2.24) is 9.97 Å². The topological polar surface area (TPSA) is 25.8 Å². The lowest BCUT2D eigenvalue weighted by Crippen LogP contribution is -1.99. The highest BCUT2D eigenvalue weighted by molar-refractivity contribution is 6.33. The van der Waals surface area contributed by atoms with Crippen LogP contribution >= 0.6 is 23.2 Å². The number of hydrogen-bond acceptors (Lipinski definition) is 2. The number of aromatic nitrogens is 2. The predicted octanol–water partition coefficient (Wildman–Crippen LogP) is 4.71. The zero-order valence-electron chi connectivity index (χ0n) is 9.92. The van der Waals surface area contributed by atoms with Crippen LogP contribution in [0.25, 0.3) is 11.3 Å². The first-order valence-corrected chi connectivity index (χ1v) is 6.23. The standard InChI is InChI=1S/C13H11Cl2FN2/c1-7(2)13-17-11(6-12(15)18-13)9-5-8(16)3-4-10(9)14/h3-7H,1-2H3. The van der Waals surface area contributed by atoms with Crippen molar-refractivity contribution in [3.8, 4) is 11.3 Å². The van der Waals surface area contributed by atoms with Crippen LogP contribution in [-0.2, 0) is 0 Å². The fourth-order valence-electron chi connectivity index (χ4n) is 1.53. The highest BCUT2D eigenvalue weighted by atomic mass is 35.5. The van der Waals surface area contributed by atoms with Crippen molar-refractivity contribution in [1.29, 1.82) is 0 Å². The maximum Gasteiger partial charge on any atom is 0.133 e. The van der Waals surface area contributed by atoms with E-state index in [0.29, 0.717) is 27.3 Å². The molecule has 0 saturated carbocycles. The molecule has 1 aromatic heterocycles. The van der Waals surface area contributed by atoms with Crippen molar-refractivity contribution in [3.05, 3.63) is 46.1 Å². The summed E-state index contributed by atoms with van der Waals surface area (Å²) in [5.41, 5.74) is 1.05. The molecule has 1 aromatic carbocycles. The van der Waals surface area contributed by atoms with Crippen LogP contribution in [0.1, 0.15) is 25.6 Å². The third-order valence-corrected chi connectivity index (χ3v) is 2.96. The van der Waals surface area contributed by atoms with Gasteiger partial charge in [0.2, 0.25) is 0 Å². The molecule has 0 aliphatic carbocycles. The minimum atomic E-state index is -0.366. The summed E-state index contributed by atoms with van der Waals surface area (Å²) in [5.74, 6) is 0.378. The Kier molecular flexibility index (Phi) is 3.83. The van der Waals surface area contributed by atoms with Gasteiger partial charge in [-0.1, -0.05) is 37.0 Å². The molecule has 0 atom stereocenters. The van der Waals surface area contributed by atoms with Gasteiger partial charge in [0.15, 0.2) is 0 Å². The SMILES string of the molecule is CC(C)c1nc(Cl)cc(-c2cc(F)ccc2Cl)n1. The number of nitrogens with zero attached hydrogens (tertiary/aromatic N) is 2. The van der Waals surface area contributed by atoms with Crippen LogP contribution in [0.2, 0.25) is 10.2 Å². The molecule has 0 spiro atoms. The molecule has 0 fully saturated rings. The summed E-state index contributed by atoms with van der Waals surface area (Å²) < 4.78 is 13.3. The molecule has 5 heteroatoms. The van der Waals surface area contributed by atoms with Gasteiger partial charge >= 0.3 is 0 Å². The van der Waals surface area contributed by atoms with Crippen molar-refractivity contribution in [3.63, 3.8) is 0 Å². The number of benzene rings is 1. The minimum absolute atomic E-state index is 0.134. The first-order chi connectivity index (χ1) is 8.47. The summed E-state index contributed by atoms with van der Waals surface area (Å²) in [6.07, 6.45) is 0. The molecule has 0 amide bonds. The van der Waals surface area contributed by atoms with Gasteiger partial charge in [0.05, 0.1) is 10.7 Å². The van der Waals surface area contributed by atoms with Crippen LogP contribution in [0.4, 0.5) is 4.39 Å². The van der Waals surface area contributed by atoms with E-state index in [0.717, 1.165) is 0 Å². The van der Waals surface area contributed by atoms with Gasteiger partial charge in [-0.15, -0.1) is 0 Å². The molecule has 1 heterocycles. The second-order valence-corrected chi connectivity index (χ2v) is 5.01. The van der Waals surface area contributed by atoms with Gasteiger partial charge in [0.1, 0.15) is 16.8 Å².